The molecule has 0 aliphatic carbocycles. The zero-order valence-electron chi connectivity index (χ0n) is 7.84. The van der Waals surface area contributed by atoms with Crippen LogP contribution in [0.25, 0.3) is 0 Å². The van der Waals surface area contributed by atoms with Crippen LogP contribution in [0.15, 0.2) is 4.99 Å². The van der Waals surface area contributed by atoms with Gasteiger partial charge in [-0.15, -0.1) is 0 Å². The van der Waals surface area contributed by atoms with Crippen LogP contribution in [0.2, 0.25) is 0 Å². The Bertz CT molecular complexity index is 164. The number of Topliss-reactive ketones (excluding diaryl/α,β-unsaturated/α-hetero) is 1. The second-order valence-corrected chi connectivity index (χ2v) is 2.59. The third-order valence-electron chi connectivity index (χ3n) is 1.64. The molecule has 0 bridgehead atoms. The number of rotatable bonds is 6. The summed E-state index contributed by atoms with van der Waals surface area (Å²) < 4.78 is 0. The summed E-state index contributed by atoms with van der Waals surface area (Å²) in [4.78, 5) is 15.1. The summed E-state index contributed by atoms with van der Waals surface area (Å²) >= 11 is 0. The molecule has 0 saturated heterocycles. The van der Waals surface area contributed by atoms with Crippen molar-refractivity contribution in [2.24, 2.45) is 4.99 Å². The van der Waals surface area contributed by atoms with E-state index in [1.807, 2.05) is 13.8 Å². The van der Waals surface area contributed by atoms with E-state index in [9.17, 15) is 4.79 Å². The molecule has 0 saturated carbocycles. The van der Waals surface area contributed by atoms with Gasteiger partial charge in [-0.25, -0.2) is 0 Å². The number of hydrogen-bond acceptors (Lipinski definition) is 3. The minimum atomic E-state index is 0.0593. The number of aliphatic hydroxyl groups is 1. The van der Waals surface area contributed by atoms with Crippen LogP contribution in [0.3, 0.4) is 0 Å². The molecule has 0 amide bonds. The van der Waals surface area contributed by atoms with E-state index >= 15 is 0 Å². The zero-order chi connectivity index (χ0) is 9.40. The Morgan fingerprint density at radius 3 is 2.42 bits per heavy atom. The van der Waals surface area contributed by atoms with Crippen molar-refractivity contribution in [3.8, 4) is 0 Å². The number of hydrogen-bond donors (Lipinski definition) is 1. The van der Waals surface area contributed by atoms with Gasteiger partial charge in [-0.2, -0.15) is 0 Å². The lowest BCUT2D eigenvalue weighted by atomic mass is 10.1. The average molecular weight is 171 g/mol. The van der Waals surface area contributed by atoms with E-state index in [-0.39, 0.29) is 12.4 Å². The fourth-order valence-corrected chi connectivity index (χ4v) is 0.853. The first-order chi connectivity index (χ1) is 5.74. The summed E-state index contributed by atoms with van der Waals surface area (Å²) in [6.07, 6.45) is 1.82. The lowest BCUT2D eigenvalue weighted by Crippen LogP contribution is -2.07. The summed E-state index contributed by atoms with van der Waals surface area (Å²) in [6.45, 7) is 4.30. The summed E-state index contributed by atoms with van der Waals surface area (Å²) in [5, 5.41) is 8.51. The molecule has 1 N–H and O–H groups in total. The van der Waals surface area contributed by atoms with Gasteiger partial charge in [-0.3, -0.25) is 9.79 Å². The Labute approximate surface area is 73.5 Å². The topological polar surface area (TPSA) is 49.7 Å². The minimum absolute atomic E-state index is 0.0593. The molecule has 12 heavy (non-hydrogen) atoms. The van der Waals surface area contributed by atoms with Crippen molar-refractivity contribution < 1.29 is 9.90 Å². The molecule has 70 valence electrons. The first-order valence-corrected chi connectivity index (χ1v) is 4.39. The molecule has 0 fully saturated rings. The molecule has 3 nitrogen and oxygen atoms in total. The fraction of sp³-hybridized carbons (Fsp3) is 0.778. The third kappa shape index (κ3) is 5.02. The van der Waals surface area contributed by atoms with Gasteiger partial charge in [0.25, 0.3) is 0 Å². The third-order valence-corrected chi connectivity index (χ3v) is 1.64. The molecule has 0 heterocycles. The molecule has 0 unspecified atom stereocenters. The standard InChI is InChI=1S/C9H17NO2/c1-3-8(10-5-6-11)7-9(12)4-2/h11H,3-7H2,1-2H3. The normalized spacial score (nSPS) is 11.8. The van der Waals surface area contributed by atoms with Crippen LogP contribution in [0, 0.1) is 0 Å². The fourth-order valence-electron chi connectivity index (χ4n) is 0.853. The predicted octanol–water partition coefficient (Wildman–Crippen LogP) is 1.20. The average Bonchev–Trinajstić information content (AvgIpc) is 2.11. The van der Waals surface area contributed by atoms with Gasteiger partial charge in [0.2, 0.25) is 0 Å². The number of aliphatic imine (C=N–C) groups is 1. The number of carbonyl (C=O) groups is 1. The highest BCUT2D eigenvalue weighted by molar-refractivity contribution is 6.01. The highest BCUT2D eigenvalue weighted by Crippen LogP contribution is 1.97. The van der Waals surface area contributed by atoms with Crippen molar-refractivity contribution >= 4 is 11.5 Å². The molecule has 0 aromatic rings. The van der Waals surface area contributed by atoms with Crippen LogP contribution in [-0.2, 0) is 4.79 Å². The number of aliphatic hydroxyl groups excluding tert-OH is 1. The molecule has 3 heteroatoms. The van der Waals surface area contributed by atoms with Gasteiger partial charge in [-0.05, 0) is 6.42 Å². The van der Waals surface area contributed by atoms with Crippen molar-refractivity contribution in [1.29, 1.82) is 0 Å². The van der Waals surface area contributed by atoms with Gasteiger partial charge in [0.1, 0.15) is 5.78 Å². The zero-order valence-corrected chi connectivity index (χ0v) is 7.84. The van der Waals surface area contributed by atoms with E-state index in [0.29, 0.717) is 19.4 Å². The Morgan fingerprint density at radius 1 is 1.33 bits per heavy atom. The lowest BCUT2D eigenvalue weighted by molar-refractivity contribution is -0.117. The minimum Gasteiger partial charge on any atom is -0.394 e. The van der Waals surface area contributed by atoms with Gasteiger partial charge >= 0.3 is 0 Å². The largest absolute Gasteiger partial charge is 0.394 e. The first kappa shape index (κ1) is 11.3. The van der Waals surface area contributed by atoms with Crippen LogP contribution >= 0.6 is 0 Å². The van der Waals surface area contributed by atoms with Crippen LogP contribution in [0.4, 0.5) is 0 Å². The highest BCUT2D eigenvalue weighted by atomic mass is 16.3. The van der Waals surface area contributed by atoms with Crippen LogP contribution in [-0.4, -0.2) is 29.8 Å². The molecule has 0 atom stereocenters. The van der Waals surface area contributed by atoms with E-state index in [1.165, 1.54) is 0 Å². The Morgan fingerprint density at radius 2 is 2.00 bits per heavy atom. The maximum atomic E-state index is 11.0. The van der Waals surface area contributed by atoms with Gasteiger partial charge in [0, 0.05) is 18.6 Å². The molecular formula is C9H17NO2. The smallest absolute Gasteiger partial charge is 0.138 e. The SMILES string of the molecule is CCC(=O)CC(CC)=NCCO. The molecule has 0 spiro atoms. The number of carbonyl (C=O) groups excluding carboxylic acids is 1. The molecule has 0 aliphatic heterocycles. The maximum Gasteiger partial charge on any atom is 0.138 e. The molecule has 0 aromatic carbocycles. The Hall–Kier alpha value is -0.700. The summed E-state index contributed by atoms with van der Waals surface area (Å²) in [6, 6.07) is 0. The summed E-state index contributed by atoms with van der Waals surface area (Å²) in [7, 11) is 0. The van der Waals surface area contributed by atoms with Crippen LogP contribution < -0.4 is 0 Å². The van der Waals surface area contributed by atoms with E-state index in [0.717, 1.165) is 12.1 Å². The summed E-state index contributed by atoms with van der Waals surface area (Å²) in [5.74, 6) is 0.216. The molecule has 0 aromatic heterocycles. The van der Waals surface area contributed by atoms with Crippen molar-refractivity contribution in [2.75, 3.05) is 13.2 Å². The summed E-state index contributed by atoms with van der Waals surface area (Å²) in [5.41, 5.74) is 0.899. The maximum absolute atomic E-state index is 11.0. The molecule has 0 radical (unpaired) electrons. The van der Waals surface area contributed by atoms with Gasteiger partial charge in [0.05, 0.1) is 13.2 Å². The second kappa shape index (κ2) is 6.98. The Balaban J connectivity index is 3.89. The van der Waals surface area contributed by atoms with E-state index in [2.05, 4.69) is 4.99 Å². The van der Waals surface area contributed by atoms with E-state index in [1.54, 1.807) is 0 Å². The monoisotopic (exact) mass is 171 g/mol. The van der Waals surface area contributed by atoms with Crippen LogP contribution in [0.1, 0.15) is 33.1 Å². The van der Waals surface area contributed by atoms with Gasteiger partial charge in [-0.1, -0.05) is 13.8 Å². The van der Waals surface area contributed by atoms with Crippen molar-refractivity contribution in [1.82, 2.24) is 0 Å². The molecule has 0 aliphatic rings. The second-order valence-electron chi connectivity index (χ2n) is 2.59. The van der Waals surface area contributed by atoms with Crippen LogP contribution in [0.5, 0.6) is 0 Å². The van der Waals surface area contributed by atoms with E-state index in [4.69, 9.17) is 5.11 Å². The molecule has 0 rings (SSSR count). The van der Waals surface area contributed by atoms with Crippen molar-refractivity contribution in [3.63, 3.8) is 0 Å². The Kier molecular flexibility index (Phi) is 6.57. The lowest BCUT2D eigenvalue weighted by Gasteiger charge is -2.00. The van der Waals surface area contributed by atoms with Crippen molar-refractivity contribution in [2.45, 2.75) is 33.1 Å². The quantitative estimate of drug-likeness (QED) is 0.610. The van der Waals surface area contributed by atoms with Crippen molar-refractivity contribution in [3.05, 3.63) is 0 Å². The first-order valence-electron chi connectivity index (χ1n) is 4.39. The predicted molar refractivity (Wildman–Crippen MR) is 49.6 cm³/mol. The van der Waals surface area contributed by atoms with Gasteiger partial charge in [0.15, 0.2) is 0 Å². The number of nitrogens with zero attached hydrogens (tertiary/aromatic N) is 1. The highest BCUT2D eigenvalue weighted by Gasteiger charge is 2.02. The van der Waals surface area contributed by atoms with E-state index < -0.39 is 0 Å². The number of ketones is 1. The molecular weight excluding hydrogens is 154 g/mol. The van der Waals surface area contributed by atoms with Gasteiger partial charge < -0.3 is 5.11 Å².